The molecule has 1 spiro atoms. The molecule has 0 bridgehead atoms. The Kier molecular flexibility index (Phi) is 7.65. The number of thiophene rings is 1. The first kappa shape index (κ1) is 37.0. The smallest absolute Gasteiger partial charge is 0.0726 e. The second kappa shape index (κ2) is 13.9. The van der Waals surface area contributed by atoms with Gasteiger partial charge in [0, 0.05) is 37.2 Å². The maximum absolute atomic E-state index is 2.51. The van der Waals surface area contributed by atoms with Crippen LogP contribution in [0.25, 0.3) is 96.6 Å². The molecule has 1 heterocycles. The molecule has 1 aromatic heterocycles. The molecular formula is C65H39NS. The van der Waals surface area contributed by atoms with E-state index in [1.165, 1.54) is 119 Å². The Morgan fingerprint density at radius 1 is 0.269 bits per heavy atom. The molecule has 67 heavy (non-hydrogen) atoms. The van der Waals surface area contributed by atoms with Crippen molar-refractivity contribution in [2.24, 2.45) is 0 Å². The van der Waals surface area contributed by atoms with E-state index >= 15 is 0 Å². The lowest BCUT2D eigenvalue weighted by Gasteiger charge is -2.32. The molecule has 0 saturated carbocycles. The number of benzene rings is 12. The Bertz CT molecular complexity index is 4130. The van der Waals surface area contributed by atoms with Crippen LogP contribution < -0.4 is 4.90 Å². The predicted molar refractivity (Wildman–Crippen MR) is 286 cm³/mol. The highest BCUT2D eigenvalue weighted by atomic mass is 32.1. The number of nitrogens with zero attached hydrogens (tertiary/aromatic N) is 1. The van der Waals surface area contributed by atoms with E-state index in [1.807, 2.05) is 11.3 Å². The summed E-state index contributed by atoms with van der Waals surface area (Å²) in [5.74, 6) is 0. The molecule has 0 fully saturated rings. The standard InChI is InChI=1S/C65H39NS/c1-2-17-46-44(15-1)45-16-3-4-18-47(45)57-37-42(33-35-49(46)57)66(41-31-29-40(30-32-41)56-39-63-64(54-23-6-5-19-48(54)56)55-24-10-14-28-62(55)67-63)43-34-36-53-52-22-9-13-27-60(52)65(61(53)38-43)58-25-11-7-20-50(58)51-21-8-12-26-59(51)65/h1-39H. The molecule has 0 amide bonds. The number of hydrogen-bond donors (Lipinski definition) is 0. The highest BCUT2D eigenvalue weighted by Gasteiger charge is 2.51. The molecule has 0 aliphatic heterocycles. The minimum Gasteiger partial charge on any atom is -0.310 e. The number of rotatable bonds is 4. The van der Waals surface area contributed by atoms with Crippen molar-refractivity contribution in [3.05, 3.63) is 259 Å². The Morgan fingerprint density at radius 2 is 0.716 bits per heavy atom. The molecule has 2 aliphatic rings. The van der Waals surface area contributed by atoms with Crippen LogP contribution in [0.2, 0.25) is 0 Å². The number of hydrogen-bond acceptors (Lipinski definition) is 2. The van der Waals surface area contributed by atoms with Gasteiger partial charge in [-0.05, 0) is 147 Å². The summed E-state index contributed by atoms with van der Waals surface area (Å²) >= 11 is 1.89. The first-order chi connectivity index (χ1) is 33.2. The zero-order valence-corrected chi connectivity index (χ0v) is 37.2. The maximum Gasteiger partial charge on any atom is 0.0726 e. The predicted octanol–water partition coefficient (Wildman–Crippen LogP) is 18.1. The van der Waals surface area contributed by atoms with Crippen LogP contribution in [0.1, 0.15) is 22.3 Å². The fraction of sp³-hybridized carbons (Fsp3) is 0.0154. The Morgan fingerprint density at radius 3 is 1.34 bits per heavy atom. The monoisotopic (exact) mass is 865 g/mol. The normalized spacial score (nSPS) is 13.2. The molecule has 0 saturated heterocycles. The van der Waals surface area contributed by atoms with Crippen LogP contribution in [0.3, 0.4) is 0 Å². The first-order valence-corrected chi connectivity index (χ1v) is 24.1. The molecule has 15 rings (SSSR count). The van der Waals surface area contributed by atoms with Crippen molar-refractivity contribution in [1.82, 2.24) is 0 Å². The van der Waals surface area contributed by atoms with Crippen LogP contribution >= 0.6 is 11.3 Å². The molecule has 12 aromatic carbocycles. The maximum atomic E-state index is 2.51. The molecule has 2 heteroatoms. The van der Waals surface area contributed by atoms with Crippen molar-refractivity contribution >= 4 is 91.7 Å². The largest absolute Gasteiger partial charge is 0.310 e. The van der Waals surface area contributed by atoms with Crippen LogP contribution in [0, 0.1) is 0 Å². The molecule has 0 N–H and O–H groups in total. The van der Waals surface area contributed by atoms with E-state index in [0.29, 0.717) is 0 Å². The van der Waals surface area contributed by atoms with Crippen LogP contribution in [0.5, 0.6) is 0 Å². The summed E-state index contributed by atoms with van der Waals surface area (Å²) in [6, 6.07) is 88.9. The third-order valence-corrected chi connectivity index (χ3v) is 16.2. The average molecular weight is 866 g/mol. The Labute approximate surface area is 392 Å². The summed E-state index contributed by atoms with van der Waals surface area (Å²) in [7, 11) is 0. The van der Waals surface area contributed by atoms with Gasteiger partial charge in [0.2, 0.25) is 0 Å². The van der Waals surface area contributed by atoms with Gasteiger partial charge in [-0.15, -0.1) is 11.3 Å². The minimum absolute atomic E-state index is 0.449. The van der Waals surface area contributed by atoms with Crippen molar-refractivity contribution < 1.29 is 0 Å². The van der Waals surface area contributed by atoms with Crippen LogP contribution in [-0.4, -0.2) is 0 Å². The SMILES string of the molecule is c1ccc2c(c1)-c1ccccc1C21c2ccccc2-c2ccc(N(c3ccc(-c4cc5sc6ccccc6c5c5ccccc45)cc3)c3ccc4c5ccccc5c5ccccc5c4c3)cc21. The molecule has 0 radical (unpaired) electrons. The summed E-state index contributed by atoms with van der Waals surface area (Å²) in [6.45, 7) is 0. The zero-order chi connectivity index (χ0) is 43.8. The van der Waals surface area contributed by atoms with Crippen LogP contribution in [-0.2, 0) is 5.41 Å². The summed E-state index contributed by atoms with van der Waals surface area (Å²) in [4.78, 5) is 2.49. The van der Waals surface area contributed by atoms with Gasteiger partial charge < -0.3 is 4.90 Å². The summed E-state index contributed by atoms with van der Waals surface area (Å²) < 4.78 is 2.64. The topological polar surface area (TPSA) is 3.24 Å². The lowest BCUT2D eigenvalue weighted by Crippen LogP contribution is -2.26. The van der Waals surface area contributed by atoms with Gasteiger partial charge in [0.25, 0.3) is 0 Å². The molecule has 2 aliphatic carbocycles. The minimum atomic E-state index is -0.449. The highest BCUT2D eigenvalue weighted by molar-refractivity contribution is 7.26. The summed E-state index contributed by atoms with van der Waals surface area (Å²) in [5.41, 5.74) is 16.0. The summed E-state index contributed by atoms with van der Waals surface area (Å²) in [6.07, 6.45) is 0. The van der Waals surface area contributed by atoms with Gasteiger partial charge in [-0.1, -0.05) is 188 Å². The van der Waals surface area contributed by atoms with Gasteiger partial charge in [-0.2, -0.15) is 0 Å². The van der Waals surface area contributed by atoms with Crippen molar-refractivity contribution in [3.63, 3.8) is 0 Å². The van der Waals surface area contributed by atoms with Gasteiger partial charge in [-0.3, -0.25) is 0 Å². The third kappa shape index (κ3) is 5.03. The van der Waals surface area contributed by atoms with E-state index in [0.717, 1.165) is 17.1 Å². The van der Waals surface area contributed by atoms with E-state index in [1.54, 1.807) is 0 Å². The van der Waals surface area contributed by atoms with Gasteiger partial charge in [0.1, 0.15) is 0 Å². The van der Waals surface area contributed by atoms with Crippen molar-refractivity contribution in [2.45, 2.75) is 5.41 Å². The Hall–Kier alpha value is -8.30. The van der Waals surface area contributed by atoms with Crippen molar-refractivity contribution in [2.75, 3.05) is 4.90 Å². The van der Waals surface area contributed by atoms with Gasteiger partial charge in [0.05, 0.1) is 5.41 Å². The fourth-order valence-electron chi connectivity index (χ4n) is 12.3. The lowest BCUT2D eigenvalue weighted by molar-refractivity contribution is 0.793. The van der Waals surface area contributed by atoms with E-state index in [4.69, 9.17) is 0 Å². The number of fused-ring (bicyclic) bond motifs is 21. The number of anilines is 3. The van der Waals surface area contributed by atoms with E-state index in [2.05, 4.69) is 241 Å². The molecule has 1 nitrogen and oxygen atoms in total. The van der Waals surface area contributed by atoms with Gasteiger partial charge >= 0.3 is 0 Å². The average Bonchev–Trinajstić information content (AvgIpc) is 4.03. The fourth-order valence-corrected chi connectivity index (χ4v) is 13.5. The third-order valence-electron chi connectivity index (χ3n) is 15.0. The molecular weight excluding hydrogens is 827 g/mol. The summed E-state index contributed by atoms with van der Waals surface area (Å²) in [5, 5.41) is 12.9. The molecule has 0 unspecified atom stereocenters. The van der Waals surface area contributed by atoms with E-state index < -0.39 is 5.41 Å². The van der Waals surface area contributed by atoms with E-state index in [-0.39, 0.29) is 0 Å². The first-order valence-electron chi connectivity index (χ1n) is 23.2. The van der Waals surface area contributed by atoms with Crippen molar-refractivity contribution in [1.29, 1.82) is 0 Å². The second-order valence-electron chi connectivity index (χ2n) is 18.3. The Balaban J connectivity index is 0.973. The van der Waals surface area contributed by atoms with Crippen molar-refractivity contribution in [3.8, 4) is 33.4 Å². The molecule has 310 valence electrons. The molecule has 0 atom stereocenters. The lowest BCUT2D eigenvalue weighted by atomic mass is 9.70. The second-order valence-corrected chi connectivity index (χ2v) is 19.3. The highest BCUT2D eigenvalue weighted by Crippen LogP contribution is 2.63. The quantitative estimate of drug-likeness (QED) is 0.159. The van der Waals surface area contributed by atoms with E-state index in [9.17, 15) is 0 Å². The van der Waals surface area contributed by atoms with Crippen LogP contribution in [0.4, 0.5) is 17.1 Å². The van der Waals surface area contributed by atoms with Crippen LogP contribution in [0.15, 0.2) is 237 Å². The molecule has 13 aromatic rings. The van der Waals surface area contributed by atoms with Gasteiger partial charge in [-0.25, -0.2) is 0 Å². The zero-order valence-electron chi connectivity index (χ0n) is 36.4. The van der Waals surface area contributed by atoms with Gasteiger partial charge in [0.15, 0.2) is 0 Å².